The standard InChI is InChI=1S/C15H16N2S/c16-15(8-3-9-15)14-17-13-11-5-2-1-4-10(11)6-7-12(13)18-14/h1-2,4-5H,3,6-9,16H2. The third kappa shape index (κ3) is 1.41. The third-order valence-electron chi connectivity index (χ3n) is 4.26. The van der Waals surface area contributed by atoms with Gasteiger partial charge in [0.2, 0.25) is 0 Å². The Balaban J connectivity index is 1.85. The average Bonchev–Trinajstić information content (AvgIpc) is 2.80. The molecule has 0 amide bonds. The molecule has 1 fully saturated rings. The van der Waals surface area contributed by atoms with E-state index in [1.807, 2.05) is 11.3 Å². The van der Waals surface area contributed by atoms with Gasteiger partial charge in [-0.1, -0.05) is 24.3 Å². The number of aryl methyl sites for hydroxylation is 2. The van der Waals surface area contributed by atoms with E-state index in [9.17, 15) is 0 Å². The lowest BCUT2D eigenvalue weighted by Crippen LogP contribution is -2.43. The van der Waals surface area contributed by atoms with Crippen molar-refractivity contribution in [3.05, 3.63) is 39.7 Å². The topological polar surface area (TPSA) is 38.9 Å². The van der Waals surface area contributed by atoms with Gasteiger partial charge in [0.1, 0.15) is 5.01 Å². The normalized spacial score (nSPS) is 19.8. The predicted molar refractivity (Wildman–Crippen MR) is 74.7 cm³/mol. The summed E-state index contributed by atoms with van der Waals surface area (Å²) >= 11 is 1.85. The van der Waals surface area contributed by atoms with Crippen molar-refractivity contribution in [1.29, 1.82) is 0 Å². The number of benzene rings is 1. The van der Waals surface area contributed by atoms with Crippen LogP contribution in [-0.4, -0.2) is 4.98 Å². The van der Waals surface area contributed by atoms with Crippen LogP contribution in [0.3, 0.4) is 0 Å². The molecule has 0 atom stereocenters. The van der Waals surface area contributed by atoms with Crippen molar-refractivity contribution in [3.8, 4) is 11.3 Å². The monoisotopic (exact) mass is 256 g/mol. The summed E-state index contributed by atoms with van der Waals surface area (Å²) in [5.74, 6) is 0. The maximum absolute atomic E-state index is 6.40. The molecule has 18 heavy (non-hydrogen) atoms. The summed E-state index contributed by atoms with van der Waals surface area (Å²) in [5, 5.41) is 1.16. The fraction of sp³-hybridized carbons (Fsp3) is 0.400. The summed E-state index contributed by atoms with van der Waals surface area (Å²) in [5.41, 5.74) is 10.2. The Hall–Kier alpha value is -1.19. The summed E-state index contributed by atoms with van der Waals surface area (Å²) < 4.78 is 0. The van der Waals surface area contributed by atoms with Crippen LogP contribution in [0.1, 0.15) is 34.7 Å². The van der Waals surface area contributed by atoms with Crippen molar-refractivity contribution in [2.75, 3.05) is 0 Å². The molecule has 2 nitrogen and oxygen atoms in total. The molecule has 92 valence electrons. The molecule has 0 spiro atoms. The first-order chi connectivity index (χ1) is 8.76. The fourth-order valence-electron chi connectivity index (χ4n) is 2.93. The average molecular weight is 256 g/mol. The van der Waals surface area contributed by atoms with E-state index in [0.717, 1.165) is 30.7 Å². The van der Waals surface area contributed by atoms with Crippen LogP contribution >= 0.6 is 11.3 Å². The van der Waals surface area contributed by atoms with E-state index in [-0.39, 0.29) is 5.54 Å². The van der Waals surface area contributed by atoms with Gasteiger partial charge in [0.25, 0.3) is 0 Å². The Kier molecular flexibility index (Phi) is 2.17. The van der Waals surface area contributed by atoms with Gasteiger partial charge in [-0.3, -0.25) is 0 Å². The van der Waals surface area contributed by atoms with E-state index in [2.05, 4.69) is 24.3 Å². The Morgan fingerprint density at radius 3 is 2.78 bits per heavy atom. The van der Waals surface area contributed by atoms with Gasteiger partial charge < -0.3 is 5.73 Å². The van der Waals surface area contributed by atoms with Crippen LogP contribution in [0.2, 0.25) is 0 Å². The van der Waals surface area contributed by atoms with Crippen LogP contribution in [-0.2, 0) is 18.4 Å². The summed E-state index contributed by atoms with van der Waals surface area (Å²) in [6.45, 7) is 0. The molecule has 4 rings (SSSR count). The SMILES string of the molecule is NC1(c2nc3c(s2)CCc2ccccc2-3)CCC1. The summed E-state index contributed by atoms with van der Waals surface area (Å²) in [6, 6.07) is 8.64. The largest absolute Gasteiger partial charge is 0.319 e. The van der Waals surface area contributed by atoms with Crippen molar-refractivity contribution < 1.29 is 0 Å². The molecule has 2 aliphatic carbocycles. The zero-order valence-electron chi connectivity index (χ0n) is 10.3. The van der Waals surface area contributed by atoms with E-state index in [0.29, 0.717) is 0 Å². The predicted octanol–water partition coefficient (Wildman–Crippen LogP) is 3.25. The van der Waals surface area contributed by atoms with Crippen LogP contribution in [0.5, 0.6) is 0 Å². The van der Waals surface area contributed by atoms with Gasteiger partial charge in [0.05, 0.1) is 11.2 Å². The van der Waals surface area contributed by atoms with Crippen LogP contribution in [0.15, 0.2) is 24.3 Å². The number of nitrogens with zero attached hydrogens (tertiary/aromatic N) is 1. The van der Waals surface area contributed by atoms with Crippen LogP contribution < -0.4 is 5.73 Å². The zero-order valence-corrected chi connectivity index (χ0v) is 11.1. The second-order valence-electron chi connectivity index (χ2n) is 5.46. The van der Waals surface area contributed by atoms with Crippen LogP contribution in [0.25, 0.3) is 11.3 Å². The van der Waals surface area contributed by atoms with Crippen molar-refractivity contribution in [2.24, 2.45) is 5.73 Å². The second-order valence-corrected chi connectivity index (χ2v) is 6.54. The first-order valence-electron chi connectivity index (χ1n) is 6.64. The number of hydrogen-bond acceptors (Lipinski definition) is 3. The Labute approximate surface area is 111 Å². The molecule has 1 saturated carbocycles. The molecule has 2 aliphatic rings. The molecule has 1 aromatic heterocycles. The highest BCUT2D eigenvalue weighted by molar-refractivity contribution is 7.12. The summed E-state index contributed by atoms with van der Waals surface area (Å²) in [7, 11) is 0. The van der Waals surface area contributed by atoms with E-state index in [4.69, 9.17) is 10.7 Å². The van der Waals surface area contributed by atoms with Crippen molar-refractivity contribution in [1.82, 2.24) is 4.98 Å². The highest BCUT2D eigenvalue weighted by Gasteiger charge is 2.38. The number of thiazole rings is 1. The van der Waals surface area contributed by atoms with Crippen LogP contribution in [0.4, 0.5) is 0 Å². The molecule has 0 saturated heterocycles. The number of aromatic nitrogens is 1. The summed E-state index contributed by atoms with van der Waals surface area (Å²) in [6.07, 6.45) is 5.71. The maximum Gasteiger partial charge on any atom is 0.113 e. The molecule has 3 heteroatoms. The number of nitrogens with two attached hydrogens (primary N) is 1. The molecule has 0 aliphatic heterocycles. The van der Waals surface area contributed by atoms with Gasteiger partial charge in [-0.05, 0) is 37.7 Å². The number of fused-ring (bicyclic) bond motifs is 3. The van der Waals surface area contributed by atoms with E-state index < -0.39 is 0 Å². The highest BCUT2D eigenvalue weighted by atomic mass is 32.1. The van der Waals surface area contributed by atoms with E-state index in [1.54, 1.807) is 0 Å². The van der Waals surface area contributed by atoms with Gasteiger partial charge in [-0.2, -0.15) is 0 Å². The van der Waals surface area contributed by atoms with Crippen molar-refractivity contribution in [3.63, 3.8) is 0 Å². The minimum absolute atomic E-state index is 0.114. The number of hydrogen-bond donors (Lipinski definition) is 1. The van der Waals surface area contributed by atoms with Gasteiger partial charge in [0, 0.05) is 10.4 Å². The summed E-state index contributed by atoms with van der Waals surface area (Å²) in [4.78, 5) is 6.31. The fourth-order valence-corrected chi connectivity index (χ4v) is 4.17. The Morgan fingerprint density at radius 1 is 1.17 bits per heavy atom. The smallest absolute Gasteiger partial charge is 0.113 e. The molecule has 0 radical (unpaired) electrons. The lowest BCUT2D eigenvalue weighted by atomic mass is 9.78. The van der Waals surface area contributed by atoms with Gasteiger partial charge in [-0.15, -0.1) is 11.3 Å². The first kappa shape index (κ1) is 10.7. The van der Waals surface area contributed by atoms with Gasteiger partial charge in [0.15, 0.2) is 0 Å². The van der Waals surface area contributed by atoms with E-state index in [1.165, 1.54) is 28.1 Å². The Bertz CT molecular complexity index is 611. The van der Waals surface area contributed by atoms with Gasteiger partial charge in [-0.25, -0.2) is 4.98 Å². The third-order valence-corrected chi connectivity index (χ3v) is 5.60. The zero-order chi connectivity index (χ0) is 12.2. The minimum Gasteiger partial charge on any atom is -0.319 e. The first-order valence-corrected chi connectivity index (χ1v) is 7.45. The lowest BCUT2D eigenvalue weighted by molar-refractivity contribution is 0.253. The Morgan fingerprint density at radius 2 is 2.00 bits per heavy atom. The molecule has 2 N–H and O–H groups in total. The molecule has 1 heterocycles. The quantitative estimate of drug-likeness (QED) is 0.850. The van der Waals surface area contributed by atoms with E-state index >= 15 is 0 Å². The van der Waals surface area contributed by atoms with Crippen LogP contribution in [0, 0.1) is 0 Å². The molecule has 2 aromatic rings. The molecule has 1 aromatic carbocycles. The molecule has 0 unspecified atom stereocenters. The minimum atomic E-state index is -0.114. The molecule has 0 bridgehead atoms. The second kappa shape index (κ2) is 3.65. The van der Waals surface area contributed by atoms with Gasteiger partial charge >= 0.3 is 0 Å². The highest BCUT2D eigenvalue weighted by Crippen LogP contribution is 2.44. The lowest BCUT2D eigenvalue weighted by Gasteiger charge is -2.35. The van der Waals surface area contributed by atoms with Crippen molar-refractivity contribution in [2.45, 2.75) is 37.6 Å². The number of rotatable bonds is 1. The molecular weight excluding hydrogens is 240 g/mol. The maximum atomic E-state index is 6.40. The molecular formula is C15H16N2S. The van der Waals surface area contributed by atoms with Crippen molar-refractivity contribution >= 4 is 11.3 Å².